The van der Waals surface area contributed by atoms with Crippen LogP contribution in [-0.4, -0.2) is 17.8 Å². The summed E-state index contributed by atoms with van der Waals surface area (Å²) in [5, 5.41) is 0. The second kappa shape index (κ2) is 7.88. The minimum Gasteiger partial charge on any atom is -0.285 e. The van der Waals surface area contributed by atoms with E-state index in [1.165, 1.54) is 5.75 Å². The maximum Gasteiger partial charge on any atom is 0.0542 e. The molecule has 1 rings (SSSR count). The molecule has 0 aromatic heterocycles. The Kier molecular flexibility index (Phi) is 13.1. The van der Waals surface area contributed by atoms with Crippen molar-refractivity contribution in [1.29, 1.82) is 0 Å². The van der Waals surface area contributed by atoms with Crippen LogP contribution in [0.5, 0.6) is 0 Å². The molecule has 1 aliphatic rings. The fraction of sp³-hybridized carbons (Fsp3) is 0.667. The Hall–Kier alpha value is 1.88. The fourth-order valence-corrected chi connectivity index (χ4v) is 0.791. The summed E-state index contributed by atoms with van der Waals surface area (Å²) in [7, 11) is 0. The number of rotatable bonds is 0. The molecule has 0 amide bonds. The molecule has 0 aromatic carbocycles. The Balaban J connectivity index is 0. The molecule has 0 saturated carbocycles. The number of thioether (sulfide) groups is 1. The third-order valence-corrected chi connectivity index (χ3v) is 1.20. The number of nitrogens with zero attached hydrogens (tertiary/aromatic N) is 1. The molecule has 0 atom stereocenters. The van der Waals surface area contributed by atoms with Crippen LogP contribution in [0, 0.1) is 0 Å². The molecule has 0 spiro atoms. The molecule has 0 aromatic rings. The van der Waals surface area contributed by atoms with Crippen LogP contribution in [-0.2, 0) is 55.0 Å². The predicted octanol–water partition coefficient (Wildman–Crippen LogP) is 0.757. The Labute approximate surface area is 88.4 Å². The summed E-state index contributed by atoms with van der Waals surface area (Å²) in [6.07, 6.45) is 0. The van der Waals surface area contributed by atoms with Crippen molar-refractivity contribution >= 4 is 17.3 Å². The van der Waals surface area contributed by atoms with Gasteiger partial charge in [-0.05, 0) is 0 Å². The molecule has 0 aliphatic carbocycles. The average molecular weight is 400 g/mol. The van der Waals surface area contributed by atoms with E-state index in [0.717, 1.165) is 6.54 Å². The normalized spacial score (nSPS) is 14.9. The van der Waals surface area contributed by atoms with Crippen LogP contribution in [0.1, 0.15) is 0 Å². The van der Waals surface area contributed by atoms with Crippen molar-refractivity contribution < 1.29 is 55.0 Å². The number of aliphatic imine (C=N–C) groups is 1. The van der Waals surface area contributed by atoms with E-state index in [4.69, 9.17) is 0 Å². The van der Waals surface area contributed by atoms with E-state index < -0.39 is 0 Å². The molecule has 4 heteroatoms. The van der Waals surface area contributed by atoms with Gasteiger partial charge in [0.25, 0.3) is 0 Å². The van der Waals surface area contributed by atoms with Gasteiger partial charge in [0, 0.05) is 67.3 Å². The first kappa shape index (κ1) is 11.6. The van der Waals surface area contributed by atoms with Crippen LogP contribution in [0.3, 0.4) is 0 Å². The van der Waals surface area contributed by atoms with Gasteiger partial charge in [0.1, 0.15) is 0 Å². The van der Waals surface area contributed by atoms with Gasteiger partial charge in [-0.2, -0.15) is 0 Å². The molecule has 1 nitrogen and oxygen atoms in total. The van der Waals surface area contributed by atoms with Crippen LogP contribution >= 0.6 is 11.8 Å². The van der Waals surface area contributed by atoms with Gasteiger partial charge in [-0.25, -0.2) is 0 Å². The van der Waals surface area contributed by atoms with Crippen molar-refractivity contribution in [1.82, 2.24) is 0 Å². The van der Waals surface area contributed by atoms with Crippen molar-refractivity contribution in [2.45, 2.75) is 0 Å². The number of hydrogen-bond donors (Lipinski definition) is 0. The van der Waals surface area contributed by atoms with E-state index in [1.807, 2.05) is 5.55 Å². The van der Waals surface area contributed by atoms with E-state index in [1.54, 1.807) is 11.8 Å². The molecule has 7 heavy (non-hydrogen) atoms. The maximum absolute atomic E-state index is 3.92. The topological polar surface area (TPSA) is 12.4 Å². The van der Waals surface area contributed by atoms with E-state index >= 15 is 0 Å². The van der Waals surface area contributed by atoms with Crippen LogP contribution in [0.2, 0.25) is 0 Å². The third-order valence-electron chi connectivity index (χ3n) is 0.487. The third kappa shape index (κ3) is 5.75. The summed E-state index contributed by atoms with van der Waals surface area (Å²) in [6, 6.07) is 0. The molecule has 0 N–H and O–H groups in total. The molecule has 1 aliphatic heterocycles. The zero-order valence-electron chi connectivity index (χ0n) is 4.26. The summed E-state index contributed by atoms with van der Waals surface area (Å²) < 4.78 is 0. The van der Waals surface area contributed by atoms with Gasteiger partial charge in [-0.15, -0.1) is 11.8 Å². The molecule has 0 unspecified atom stereocenters. The van der Waals surface area contributed by atoms with E-state index in [0.29, 0.717) is 0 Å². The van der Waals surface area contributed by atoms with Gasteiger partial charge in [-0.3, -0.25) is 4.99 Å². The second-order valence-corrected chi connectivity index (χ2v) is 1.83. The van der Waals surface area contributed by atoms with Crippen molar-refractivity contribution in [3.05, 3.63) is 0 Å². The van der Waals surface area contributed by atoms with Gasteiger partial charge in [0.2, 0.25) is 0 Å². The molecule has 0 bridgehead atoms. The zero-order chi connectivity index (χ0) is 3.54. The number of hydrogen-bond acceptors (Lipinski definition) is 2. The average Bonchev–Trinajstić information content (AvgIpc) is 1.76. The SMILES string of the molecule is C1=NCCS1.[Cd].[Hg]. The Bertz CT molecular complexity index is 52.9. The smallest absolute Gasteiger partial charge is 0.0542 e. The summed E-state index contributed by atoms with van der Waals surface area (Å²) in [5.74, 6) is 1.19. The first-order valence-corrected chi connectivity index (χ1v) is 2.65. The van der Waals surface area contributed by atoms with E-state index in [-0.39, 0.29) is 55.0 Å². The first-order valence-electron chi connectivity index (χ1n) is 1.60. The fourth-order valence-electron chi connectivity index (χ4n) is 0.264. The minimum absolute atomic E-state index is 0. The van der Waals surface area contributed by atoms with E-state index in [9.17, 15) is 0 Å². The second-order valence-electron chi connectivity index (χ2n) is 0.882. The molecular weight excluding hydrogens is 395 g/mol. The molecule has 32 valence electrons. The van der Waals surface area contributed by atoms with Crippen molar-refractivity contribution in [3.63, 3.8) is 0 Å². The minimum atomic E-state index is 0. The molecule has 1 heterocycles. The largest absolute Gasteiger partial charge is 0.285 e. The van der Waals surface area contributed by atoms with Crippen LogP contribution in [0.4, 0.5) is 0 Å². The van der Waals surface area contributed by atoms with Gasteiger partial charge in [0.05, 0.1) is 5.55 Å². The zero-order valence-corrected chi connectivity index (χ0v) is 14.6. The maximum atomic E-state index is 3.92. The van der Waals surface area contributed by atoms with Gasteiger partial charge in [-0.1, -0.05) is 0 Å². The van der Waals surface area contributed by atoms with E-state index in [2.05, 4.69) is 4.99 Å². The Morgan fingerprint density at radius 3 is 2.43 bits per heavy atom. The van der Waals surface area contributed by atoms with Gasteiger partial charge < -0.3 is 0 Å². The monoisotopic (exact) mass is 403 g/mol. The Morgan fingerprint density at radius 2 is 2.29 bits per heavy atom. The van der Waals surface area contributed by atoms with Gasteiger partial charge >= 0.3 is 0 Å². The van der Waals surface area contributed by atoms with Crippen molar-refractivity contribution in [2.24, 2.45) is 4.99 Å². The van der Waals surface area contributed by atoms with Crippen molar-refractivity contribution in [3.8, 4) is 0 Å². The van der Waals surface area contributed by atoms with Gasteiger partial charge in [0.15, 0.2) is 0 Å². The molecular formula is C3H5CdHgNS. The van der Waals surface area contributed by atoms with Crippen LogP contribution in [0.15, 0.2) is 4.99 Å². The molecule has 0 radical (unpaired) electrons. The van der Waals surface area contributed by atoms with Crippen molar-refractivity contribution in [2.75, 3.05) is 12.3 Å². The quantitative estimate of drug-likeness (QED) is 0.548. The summed E-state index contributed by atoms with van der Waals surface area (Å²) in [6.45, 7) is 1.03. The predicted molar refractivity (Wildman–Crippen MR) is 25.8 cm³/mol. The summed E-state index contributed by atoms with van der Waals surface area (Å²) in [5.41, 5.74) is 1.90. The van der Waals surface area contributed by atoms with Crippen LogP contribution < -0.4 is 0 Å². The summed E-state index contributed by atoms with van der Waals surface area (Å²) in [4.78, 5) is 3.92. The Morgan fingerprint density at radius 1 is 1.57 bits per heavy atom. The van der Waals surface area contributed by atoms with Crippen LogP contribution in [0.25, 0.3) is 0 Å². The summed E-state index contributed by atoms with van der Waals surface area (Å²) >= 11 is 1.78. The molecule has 0 saturated heterocycles. The first-order chi connectivity index (χ1) is 2.50. The standard InChI is InChI=1S/C3H5NS.Cd.Hg/c1-2-5-3-4-1;;/h3H,1-2H2;;. The molecule has 0 fully saturated rings.